The van der Waals surface area contributed by atoms with E-state index >= 15 is 0 Å². The Morgan fingerprint density at radius 1 is 0.763 bits per heavy atom. The predicted molar refractivity (Wildman–Crippen MR) is 172 cm³/mol. The van der Waals surface area contributed by atoms with E-state index in [0.29, 0.717) is 0 Å². The molecule has 0 amide bonds. The number of allylic oxidation sites excluding steroid dienone is 2. The quantitative estimate of drug-likeness (QED) is 0.240. The first kappa shape index (κ1) is 32.7. The molecular weight excluding hydrogens is 482 g/mol. The van der Waals surface area contributed by atoms with Gasteiger partial charge in [-0.2, -0.15) is 0 Å². The molecule has 4 aromatic rings. The van der Waals surface area contributed by atoms with Crippen molar-refractivity contribution in [1.29, 1.82) is 0 Å². The summed E-state index contributed by atoms with van der Waals surface area (Å²) < 4.78 is 0. The van der Waals surface area contributed by atoms with E-state index in [1.54, 1.807) is 0 Å². The van der Waals surface area contributed by atoms with Crippen molar-refractivity contribution in [2.75, 3.05) is 0 Å². The fourth-order valence-corrected chi connectivity index (χ4v) is 3.46. The molecule has 3 aromatic carbocycles. The zero-order chi connectivity index (χ0) is 28.3. The van der Waals surface area contributed by atoms with Gasteiger partial charge in [-0.3, -0.25) is 0 Å². The molecule has 0 spiro atoms. The minimum atomic E-state index is 0.744. The second kappa shape index (κ2) is 18.9. The minimum Gasteiger partial charge on any atom is -0.367 e. The van der Waals surface area contributed by atoms with Crippen molar-refractivity contribution in [2.24, 2.45) is 0 Å². The van der Waals surface area contributed by atoms with Gasteiger partial charge >= 0.3 is 0 Å². The number of unbranched alkanes of at least 4 members (excludes halogenated alkanes) is 1. The van der Waals surface area contributed by atoms with Crippen molar-refractivity contribution < 1.29 is 0 Å². The second-order valence-corrected chi connectivity index (χ2v) is 9.64. The first-order chi connectivity index (χ1) is 18.3. The van der Waals surface area contributed by atoms with Crippen LogP contribution >= 0.6 is 11.6 Å². The highest BCUT2D eigenvalue weighted by Gasteiger charge is 2.00. The van der Waals surface area contributed by atoms with Crippen LogP contribution < -0.4 is 0 Å². The summed E-state index contributed by atoms with van der Waals surface area (Å²) in [4.78, 5) is 2.98. The Kier molecular flexibility index (Phi) is 16.3. The Labute approximate surface area is 237 Å². The van der Waals surface area contributed by atoms with Crippen LogP contribution in [0.2, 0.25) is 5.02 Å². The van der Waals surface area contributed by atoms with Gasteiger partial charge < -0.3 is 4.98 Å². The molecule has 0 fully saturated rings. The molecule has 0 saturated heterocycles. The Balaban J connectivity index is 0.000000280. The van der Waals surface area contributed by atoms with Crippen molar-refractivity contribution in [3.05, 3.63) is 137 Å². The van der Waals surface area contributed by atoms with Crippen LogP contribution in [0.5, 0.6) is 0 Å². The van der Waals surface area contributed by atoms with Crippen molar-refractivity contribution in [2.45, 2.75) is 67.2 Å². The standard InChI is InChI=1S/C15H16.C11H11Cl.C6H9N.C4H10/c1-3-13-11-15(10-9-12(13)2)14-7-5-4-6-8-14;1-8(2)9(3)10-4-6-11(12)7-5-10;1-2-6-3-4-7-5-6;1-3-4-2/h4-11H,3H2,1-2H3;4-7H,1,3H2,2H3;3-5,7H,2H2,1H3;3-4H2,1-2H3. The van der Waals surface area contributed by atoms with E-state index in [4.69, 9.17) is 11.6 Å². The van der Waals surface area contributed by atoms with E-state index in [2.05, 4.69) is 107 Å². The third-order valence-corrected chi connectivity index (χ3v) is 6.37. The molecule has 0 bridgehead atoms. The minimum absolute atomic E-state index is 0.744. The molecule has 1 N–H and O–H groups in total. The molecule has 1 nitrogen and oxygen atoms in total. The van der Waals surface area contributed by atoms with Gasteiger partial charge in [0, 0.05) is 17.4 Å². The van der Waals surface area contributed by atoms with Crippen LogP contribution in [-0.2, 0) is 12.8 Å². The van der Waals surface area contributed by atoms with Crippen LogP contribution in [-0.4, -0.2) is 4.98 Å². The fraction of sp³-hybridized carbons (Fsp3) is 0.278. The average molecular weight is 528 g/mol. The number of hydrogen-bond acceptors (Lipinski definition) is 0. The highest BCUT2D eigenvalue weighted by Crippen LogP contribution is 2.22. The summed E-state index contributed by atoms with van der Waals surface area (Å²) in [6.07, 6.45) is 8.83. The monoisotopic (exact) mass is 527 g/mol. The summed E-state index contributed by atoms with van der Waals surface area (Å²) in [5.74, 6) is 0. The van der Waals surface area contributed by atoms with E-state index in [1.165, 1.54) is 40.7 Å². The number of halogens is 1. The smallest absolute Gasteiger partial charge is 0.0406 e. The highest BCUT2D eigenvalue weighted by molar-refractivity contribution is 6.30. The first-order valence-electron chi connectivity index (χ1n) is 13.6. The number of H-pyrrole nitrogens is 1. The molecule has 0 atom stereocenters. The zero-order valence-electron chi connectivity index (χ0n) is 24.3. The molecule has 1 heterocycles. The Bertz CT molecular complexity index is 1180. The summed E-state index contributed by atoms with van der Waals surface area (Å²) in [6, 6.07) is 26.9. The van der Waals surface area contributed by atoms with Crippen molar-refractivity contribution in [3.63, 3.8) is 0 Å². The summed E-state index contributed by atoms with van der Waals surface area (Å²) >= 11 is 5.74. The van der Waals surface area contributed by atoms with Crippen molar-refractivity contribution in [1.82, 2.24) is 4.98 Å². The van der Waals surface area contributed by atoms with Gasteiger partial charge in [-0.1, -0.05) is 132 Å². The van der Waals surface area contributed by atoms with Gasteiger partial charge in [-0.25, -0.2) is 0 Å². The molecule has 38 heavy (non-hydrogen) atoms. The molecule has 0 aliphatic rings. The van der Waals surface area contributed by atoms with E-state index in [-0.39, 0.29) is 0 Å². The van der Waals surface area contributed by atoms with Gasteiger partial charge in [0.2, 0.25) is 0 Å². The summed E-state index contributed by atoms with van der Waals surface area (Å²) in [6.45, 7) is 20.6. The van der Waals surface area contributed by atoms with Gasteiger partial charge in [-0.05, 0) is 83.8 Å². The Hall–Kier alpha value is -3.29. The number of aryl methyl sites for hydroxylation is 3. The number of rotatable bonds is 6. The third kappa shape index (κ3) is 12.3. The number of hydrogen-bond donors (Lipinski definition) is 1. The molecular formula is C36H46ClN. The summed E-state index contributed by atoms with van der Waals surface area (Å²) in [5.41, 5.74) is 9.84. The van der Waals surface area contributed by atoms with E-state index in [9.17, 15) is 0 Å². The van der Waals surface area contributed by atoms with Gasteiger partial charge in [0.25, 0.3) is 0 Å². The molecule has 0 radical (unpaired) electrons. The van der Waals surface area contributed by atoms with Crippen LogP contribution in [0.3, 0.4) is 0 Å². The van der Waals surface area contributed by atoms with E-state index in [1.807, 2.05) is 43.6 Å². The summed E-state index contributed by atoms with van der Waals surface area (Å²) in [7, 11) is 0. The molecule has 0 unspecified atom stereocenters. The number of aromatic amines is 1. The van der Waals surface area contributed by atoms with Crippen LogP contribution in [0.25, 0.3) is 16.7 Å². The fourth-order valence-electron chi connectivity index (χ4n) is 3.34. The second-order valence-electron chi connectivity index (χ2n) is 9.20. The maximum Gasteiger partial charge on any atom is 0.0406 e. The van der Waals surface area contributed by atoms with Crippen molar-refractivity contribution >= 4 is 17.2 Å². The lowest BCUT2D eigenvalue weighted by Gasteiger charge is -2.07. The van der Waals surface area contributed by atoms with Crippen molar-refractivity contribution in [3.8, 4) is 11.1 Å². The molecule has 1 aromatic heterocycles. The van der Waals surface area contributed by atoms with E-state index in [0.717, 1.165) is 34.6 Å². The first-order valence-corrected chi connectivity index (χ1v) is 14.0. The Morgan fingerprint density at radius 2 is 1.39 bits per heavy atom. The Morgan fingerprint density at radius 3 is 1.84 bits per heavy atom. The van der Waals surface area contributed by atoms with Crippen LogP contribution in [0.4, 0.5) is 0 Å². The predicted octanol–water partition coefficient (Wildman–Crippen LogP) is 11.5. The maximum atomic E-state index is 5.74. The SMILES string of the molecule is C=C(C)C(=C)c1ccc(Cl)cc1.CCCC.CCc1cc(-c2ccccc2)ccc1C.CCc1cc[nH]c1. The number of aromatic nitrogens is 1. The van der Waals surface area contributed by atoms with Crippen LogP contribution in [0, 0.1) is 6.92 Å². The van der Waals surface area contributed by atoms with Gasteiger partial charge in [0.15, 0.2) is 0 Å². The van der Waals surface area contributed by atoms with Gasteiger partial charge in [0.05, 0.1) is 0 Å². The molecule has 0 aliphatic heterocycles. The normalized spacial score (nSPS) is 9.55. The van der Waals surface area contributed by atoms with Crippen LogP contribution in [0.15, 0.2) is 110 Å². The lowest BCUT2D eigenvalue weighted by molar-refractivity contribution is 0.886. The molecule has 2 heteroatoms. The van der Waals surface area contributed by atoms with Gasteiger partial charge in [-0.15, -0.1) is 0 Å². The van der Waals surface area contributed by atoms with Crippen LogP contribution in [0.1, 0.15) is 69.7 Å². The maximum absolute atomic E-state index is 5.74. The average Bonchev–Trinajstić information content (AvgIpc) is 3.49. The third-order valence-electron chi connectivity index (χ3n) is 6.12. The lowest BCUT2D eigenvalue weighted by Crippen LogP contribution is -1.87. The summed E-state index contributed by atoms with van der Waals surface area (Å²) in [5, 5.41) is 0.744. The molecule has 4 rings (SSSR count). The zero-order valence-corrected chi connectivity index (χ0v) is 25.0. The van der Waals surface area contributed by atoms with E-state index < -0.39 is 0 Å². The number of nitrogens with one attached hydrogen (secondary N) is 1. The highest BCUT2D eigenvalue weighted by atomic mass is 35.5. The topological polar surface area (TPSA) is 15.8 Å². The van der Waals surface area contributed by atoms with Gasteiger partial charge in [0.1, 0.15) is 0 Å². The largest absolute Gasteiger partial charge is 0.367 e. The molecule has 0 saturated carbocycles. The molecule has 0 aliphatic carbocycles. The number of benzene rings is 3. The lowest BCUT2D eigenvalue weighted by atomic mass is 9.99. The molecule has 202 valence electrons.